The molecule has 0 spiro atoms. The number of aliphatic carboxylic acids is 1. The van der Waals surface area contributed by atoms with Gasteiger partial charge in [-0.3, -0.25) is 0 Å². The number of anilines is 1. The normalized spacial score (nSPS) is 33.1. The van der Waals surface area contributed by atoms with Crippen LogP contribution in [0.3, 0.4) is 0 Å². The second-order valence-electron chi connectivity index (χ2n) is 6.34. The van der Waals surface area contributed by atoms with Crippen molar-refractivity contribution in [2.45, 2.75) is 50.2 Å². The van der Waals surface area contributed by atoms with Crippen molar-refractivity contribution in [1.29, 1.82) is 0 Å². The maximum Gasteiger partial charge on any atom is 0.329 e. The number of nitrogens with one attached hydrogen (secondary N) is 1. The van der Waals surface area contributed by atoms with Gasteiger partial charge in [0, 0.05) is 17.8 Å². The van der Waals surface area contributed by atoms with Gasteiger partial charge in [0.05, 0.1) is 0 Å². The van der Waals surface area contributed by atoms with E-state index in [0.29, 0.717) is 24.9 Å². The summed E-state index contributed by atoms with van der Waals surface area (Å²) >= 11 is 0. The zero-order valence-corrected chi connectivity index (χ0v) is 12.1. The fourth-order valence-corrected chi connectivity index (χ4v) is 3.80. The van der Waals surface area contributed by atoms with Crippen molar-refractivity contribution in [2.24, 2.45) is 0 Å². The molecule has 0 amide bonds. The van der Waals surface area contributed by atoms with Crippen LogP contribution in [-0.2, 0) is 4.79 Å². The number of carbonyl (C=O) groups is 1. The zero-order chi connectivity index (χ0) is 14.3. The average Bonchev–Trinajstić information content (AvgIpc) is 2.62. The standard InChI is InChI=1S/C16H22N2O2/c1-11-4-3-5-12(8-11)17-16(15(19)20)9-13-6-7-14(10-16)18(13)2/h3-5,8,13-14,17H,6-7,9-10H2,1-2H3,(H,19,20). The highest BCUT2D eigenvalue weighted by Gasteiger charge is 2.51. The van der Waals surface area contributed by atoms with E-state index >= 15 is 0 Å². The van der Waals surface area contributed by atoms with Crippen LogP contribution in [0.1, 0.15) is 31.2 Å². The number of piperidine rings is 1. The fraction of sp³-hybridized carbons (Fsp3) is 0.562. The predicted molar refractivity (Wildman–Crippen MR) is 79.0 cm³/mol. The van der Waals surface area contributed by atoms with E-state index in [-0.39, 0.29) is 0 Å². The van der Waals surface area contributed by atoms with E-state index in [1.165, 1.54) is 0 Å². The number of rotatable bonds is 3. The molecule has 2 aliphatic rings. The lowest BCUT2D eigenvalue weighted by Crippen LogP contribution is -2.57. The molecule has 2 atom stereocenters. The first kappa shape index (κ1) is 13.4. The minimum Gasteiger partial charge on any atom is -0.480 e. The molecule has 0 saturated carbocycles. The summed E-state index contributed by atoms with van der Waals surface area (Å²) < 4.78 is 0. The van der Waals surface area contributed by atoms with Crippen molar-refractivity contribution in [2.75, 3.05) is 12.4 Å². The Kier molecular flexibility index (Phi) is 3.21. The summed E-state index contributed by atoms with van der Waals surface area (Å²) in [5.74, 6) is -0.719. The SMILES string of the molecule is Cc1cccc(NC2(C(=O)O)CC3CCC(C2)N3C)c1. The number of carboxylic acids is 1. The molecule has 108 valence electrons. The summed E-state index contributed by atoms with van der Waals surface area (Å²) in [6, 6.07) is 8.75. The van der Waals surface area contributed by atoms with Crippen LogP contribution in [0.25, 0.3) is 0 Å². The molecule has 0 radical (unpaired) electrons. The van der Waals surface area contributed by atoms with Crippen molar-refractivity contribution in [3.8, 4) is 0 Å². The van der Waals surface area contributed by atoms with E-state index in [4.69, 9.17) is 0 Å². The lowest BCUT2D eigenvalue weighted by atomic mass is 9.82. The maximum atomic E-state index is 11.9. The molecule has 4 nitrogen and oxygen atoms in total. The summed E-state index contributed by atoms with van der Waals surface area (Å²) in [5.41, 5.74) is 1.24. The van der Waals surface area contributed by atoms with Gasteiger partial charge in [-0.25, -0.2) is 4.79 Å². The molecule has 2 bridgehead atoms. The lowest BCUT2D eigenvalue weighted by molar-refractivity contribution is -0.145. The zero-order valence-electron chi connectivity index (χ0n) is 12.1. The predicted octanol–water partition coefficient (Wildman–Crippen LogP) is 2.49. The van der Waals surface area contributed by atoms with Crippen LogP contribution >= 0.6 is 0 Å². The maximum absolute atomic E-state index is 11.9. The third kappa shape index (κ3) is 2.18. The van der Waals surface area contributed by atoms with Gasteiger partial charge in [0.2, 0.25) is 0 Å². The number of carboxylic acid groups (broad SMARTS) is 1. The molecule has 0 aromatic heterocycles. The monoisotopic (exact) mass is 274 g/mol. The molecule has 2 heterocycles. The number of aryl methyl sites for hydroxylation is 1. The van der Waals surface area contributed by atoms with Gasteiger partial charge in [-0.05, 0) is 57.4 Å². The highest BCUT2D eigenvalue weighted by molar-refractivity contribution is 5.83. The molecule has 20 heavy (non-hydrogen) atoms. The first-order chi connectivity index (χ1) is 9.50. The molecule has 2 aliphatic heterocycles. The lowest BCUT2D eigenvalue weighted by Gasteiger charge is -2.43. The van der Waals surface area contributed by atoms with Crippen LogP contribution in [-0.4, -0.2) is 40.6 Å². The van der Waals surface area contributed by atoms with Crippen molar-refractivity contribution in [3.63, 3.8) is 0 Å². The summed E-state index contributed by atoms with van der Waals surface area (Å²) in [7, 11) is 2.13. The molecular formula is C16H22N2O2. The van der Waals surface area contributed by atoms with Gasteiger partial charge in [0.25, 0.3) is 0 Å². The van der Waals surface area contributed by atoms with Gasteiger partial charge < -0.3 is 15.3 Å². The molecule has 4 heteroatoms. The second-order valence-corrected chi connectivity index (χ2v) is 6.34. The first-order valence-electron chi connectivity index (χ1n) is 7.30. The van der Waals surface area contributed by atoms with Gasteiger partial charge >= 0.3 is 5.97 Å². The first-order valence-corrected chi connectivity index (χ1v) is 7.30. The van der Waals surface area contributed by atoms with Gasteiger partial charge in [0.1, 0.15) is 5.54 Å². The second kappa shape index (κ2) is 4.77. The van der Waals surface area contributed by atoms with Crippen LogP contribution in [0.2, 0.25) is 0 Å². The van der Waals surface area contributed by atoms with Crippen molar-refractivity contribution in [3.05, 3.63) is 29.8 Å². The Morgan fingerprint density at radius 1 is 1.35 bits per heavy atom. The van der Waals surface area contributed by atoms with Crippen molar-refractivity contribution in [1.82, 2.24) is 4.90 Å². The number of hydrogen-bond donors (Lipinski definition) is 2. The van der Waals surface area contributed by atoms with E-state index in [9.17, 15) is 9.90 Å². The molecule has 2 saturated heterocycles. The third-order valence-electron chi connectivity index (χ3n) is 4.96. The summed E-state index contributed by atoms with van der Waals surface area (Å²) in [5, 5.41) is 13.1. The Hall–Kier alpha value is -1.55. The summed E-state index contributed by atoms with van der Waals surface area (Å²) in [4.78, 5) is 14.3. The fourth-order valence-electron chi connectivity index (χ4n) is 3.80. The van der Waals surface area contributed by atoms with Crippen LogP contribution in [0, 0.1) is 6.92 Å². The van der Waals surface area contributed by atoms with E-state index in [2.05, 4.69) is 17.3 Å². The van der Waals surface area contributed by atoms with Crippen LogP contribution in [0.5, 0.6) is 0 Å². The topological polar surface area (TPSA) is 52.6 Å². The summed E-state index contributed by atoms with van der Waals surface area (Å²) in [6.07, 6.45) is 3.60. The van der Waals surface area contributed by atoms with Crippen molar-refractivity contribution >= 4 is 11.7 Å². The van der Waals surface area contributed by atoms with Gasteiger partial charge in [0.15, 0.2) is 0 Å². The number of benzene rings is 1. The molecule has 0 aliphatic carbocycles. The average molecular weight is 274 g/mol. The molecule has 2 fully saturated rings. The molecule has 1 aromatic carbocycles. The Labute approximate surface area is 119 Å². The van der Waals surface area contributed by atoms with Gasteiger partial charge in [-0.15, -0.1) is 0 Å². The molecule has 3 rings (SSSR count). The number of fused-ring (bicyclic) bond motifs is 2. The van der Waals surface area contributed by atoms with Crippen LogP contribution in [0.4, 0.5) is 5.69 Å². The quantitative estimate of drug-likeness (QED) is 0.889. The Bertz CT molecular complexity index is 515. The van der Waals surface area contributed by atoms with Gasteiger partial charge in [-0.2, -0.15) is 0 Å². The number of nitrogens with zero attached hydrogens (tertiary/aromatic N) is 1. The Balaban J connectivity index is 1.88. The van der Waals surface area contributed by atoms with E-state index in [1.807, 2.05) is 31.2 Å². The number of hydrogen-bond acceptors (Lipinski definition) is 3. The molecule has 2 N–H and O–H groups in total. The van der Waals surface area contributed by atoms with Crippen molar-refractivity contribution < 1.29 is 9.90 Å². The third-order valence-corrected chi connectivity index (χ3v) is 4.96. The molecular weight excluding hydrogens is 252 g/mol. The minimum absolute atomic E-state index is 0.391. The molecule has 1 aromatic rings. The summed E-state index contributed by atoms with van der Waals surface area (Å²) in [6.45, 7) is 2.02. The van der Waals surface area contributed by atoms with Crippen LogP contribution < -0.4 is 5.32 Å². The van der Waals surface area contributed by atoms with Crippen LogP contribution in [0.15, 0.2) is 24.3 Å². The van der Waals surface area contributed by atoms with Gasteiger partial charge in [-0.1, -0.05) is 12.1 Å². The minimum atomic E-state index is -0.813. The largest absolute Gasteiger partial charge is 0.480 e. The van der Waals surface area contributed by atoms with E-state index < -0.39 is 11.5 Å². The Morgan fingerprint density at radius 3 is 2.55 bits per heavy atom. The Morgan fingerprint density at radius 2 is 2.00 bits per heavy atom. The smallest absolute Gasteiger partial charge is 0.329 e. The molecule has 2 unspecified atom stereocenters. The van der Waals surface area contributed by atoms with E-state index in [1.54, 1.807) is 0 Å². The van der Waals surface area contributed by atoms with E-state index in [0.717, 1.165) is 24.1 Å². The highest BCUT2D eigenvalue weighted by Crippen LogP contribution is 2.41. The highest BCUT2D eigenvalue weighted by atomic mass is 16.4.